The van der Waals surface area contributed by atoms with Crippen LogP contribution < -0.4 is 5.32 Å². The second-order valence-electron chi connectivity index (χ2n) is 6.44. The van der Waals surface area contributed by atoms with E-state index in [2.05, 4.69) is 17.0 Å². The number of benzene rings is 1. The summed E-state index contributed by atoms with van der Waals surface area (Å²) >= 11 is 0. The lowest BCUT2D eigenvalue weighted by Gasteiger charge is -2.17. The third-order valence-electron chi connectivity index (χ3n) is 4.42. The van der Waals surface area contributed by atoms with Gasteiger partial charge in [-0.05, 0) is 24.6 Å². The Morgan fingerprint density at radius 2 is 2.32 bits per heavy atom. The lowest BCUT2D eigenvalue weighted by molar-refractivity contribution is -0.128. The fourth-order valence-corrected chi connectivity index (χ4v) is 3.13. The maximum atomic E-state index is 13.3. The normalized spacial score (nSPS) is 17.3. The average Bonchev–Trinajstić information content (AvgIpc) is 3.08. The topological polar surface area (TPSA) is 50.2 Å². The zero-order valence-electron chi connectivity index (χ0n) is 14.4. The van der Waals surface area contributed by atoms with Gasteiger partial charge < -0.3 is 10.2 Å². The Morgan fingerprint density at radius 1 is 1.48 bits per heavy atom. The van der Waals surface area contributed by atoms with E-state index >= 15 is 0 Å². The molecule has 1 aromatic carbocycles. The van der Waals surface area contributed by atoms with Crippen molar-refractivity contribution in [3.8, 4) is 0 Å². The molecule has 3 rings (SSSR count). The largest absolute Gasteiger partial charge is 0.337 e. The number of nitrogens with one attached hydrogen (secondary N) is 1. The predicted octanol–water partition coefficient (Wildman–Crippen LogP) is 2.41. The van der Waals surface area contributed by atoms with Gasteiger partial charge in [-0.1, -0.05) is 18.2 Å². The Kier molecular flexibility index (Phi) is 5.28. The number of allylic oxidation sites excluding steroid dienone is 1. The highest BCUT2D eigenvalue weighted by molar-refractivity contribution is 5.79. The molecule has 1 amide bonds. The number of nitrogens with zero attached hydrogens (tertiary/aromatic N) is 3. The van der Waals surface area contributed by atoms with E-state index in [9.17, 15) is 9.18 Å². The van der Waals surface area contributed by atoms with Gasteiger partial charge in [-0.3, -0.25) is 9.48 Å². The molecule has 1 atom stereocenters. The molecule has 2 heterocycles. The third kappa shape index (κ3) is 4.33. The second kappa shape index (κ2) is 7.61. The van der Waals surface area contributed by atoms with Gasteiger partial charge in [0.15, 0.2) is 0 Å². The lowest BCUT2D eigenvalue weighted by Crippen LogP contribution is -2.32. The van der Waals surface area contributed by atoms with Crippen molar-refractivity contribution < 1.29 is 9.18 Å². The van der Waals surface area contributed by atoms with Crippen molar-refractivity contribution >= 4 is 5.91 Å². The number of carbonyl (C=O) groups is 1. The van der Waals surface area contributed by atoms with Crippen LogP contribution in [0.3, 0.4) is 0 Å². The number of carbonyl (C=O) groups excluding carboxylic acids is 1. The molecule has 0 spiro atoms. The average molecular weight is 342 g/mol. The van der Waals surface area contributed by atoms with Crippen molar-refractivity contribution in [1.29, 1.82) is 0 Å². The zero-order chi connectivity index (χ0) is 17.8. The summed E-state index contributed by atoms with van der Waals surface area (Å²) in [4.78, 5) is 14.0. The molecule has 5 nitrogen and oxygen atoms in total. The van der Waals surface area contributed by atoms with E-state index in [1.54, 1.807) is 11.0 Å². The summed E-state index contributed by atoms with van der Waals surface area (Å²) in [7, 11) is 0. The van der Waals surface area contributed by atoms with Crippen LogP contribution in [0.15, 0.2) is 43.1 Å². The molecule has 0 saturated carbocycles. The van der Waals surface area contributed by atoms with Crippen molar-refractivity contribution in [2.75, 3.05) is 6.54 Å². The number of aromatic nitrogens is 2. The predicted molar refractivity (Wildman–Crippen MR) is 94.2 cm³/mol. The van der Waals surface area contributed by atoms with Crippen LogP contribution in [0.25, 0.3) is 0 Å². The number of aryl methyl sites for hydroxylation is 1. The summed E-state index contributed by atoms with van der Waals surface area (Å²) in [6.07, 6.45) is 4.28. The van der Waals surface area contributed by atoms with E-state index in [0.717, 1.165) is 16.8 Å². The number of hydrogen-bond donors (Lipinski definition) is 1. The summed E-state index contributed by atoms with van der Waals surface area (Å²) in [6.45, 7) is 8.14. The van der Waals surface area contributed by atoms with E-state index in [0.29, 0.717) is 32.6 Å². The van der Waals surface area contributed by atoms with E-state index in [1.807, 2.05) is 29.9 Å². The first-order valence-electron chi connectivity index (χ1n) is 8.44. The summed E-state index contributed by atoms with van der Waals surface area (Å²) in [5.41, 5.74) is 2.92. The quantitative estimate of drug-likeness (QED) is 0.786. The summed E-state index contributed by atoms with van der Waals surface area (Å²) < 4.78 is 15.1. The molecule has 0 unspecified atom stereocenters. The number of amides is 1. The van der Waals surface area contributed by atoms with Crippen LogP contribution in [0.1, 0.15) is 23.2 Å². The van der Waals surface area contributed by atoms with E-state index in [-0.39, 0.29) is 17.8 Å². The Hall–Kier alpha value is -2.47. The Labute approximate surface area is 147 Å². The maximum Gasteiger partial charge on any atom is 0.224 e. The highest BCUT2D eigenvalue weighted by atomic mass is 19.1. The third-order valence-corrected chi connectivity index (χ3v) is 4.42. The fraction of sp³-hybridized carbons (Fsp3) is 0.368. The van der Waals surface area contributed by atoms with Crippen LogP contribution >= 0.6 is 0 Å². The number of rotatable bonds is 7. The van der Waals surface area contributed by atoms with Gasteiger partial charge in [0.05, 0.1) is 12.2 Å². The van der Waals surface area contributed by atoms with Gasteiger partial charge in [-0.2, -0.15) is 5.10 Å². The van der Waals surface area contributed by atoms with E-state index < -0.39 is 0 Å². The van der Waals surface area contributed by atoms with Crippen LogP contribution in [0.2, 0.25) is 0 Å². The molecule has 0 radical (unpaired) electrons. The van der Waals surface area contributed by atoms with Gasteiger partial charge >= 0.3 is 0 Å². The van der Waals surface area contributed by atoms with Gasteiger partial charge in [0.1, 0.15) is 5.82 Å². The molecular weight excluding hydrogens is 319 g/mol. The molecule has 1 fully saturated rings. The minimum absolute atomic E-state index is 0.0980. The van der Waals surface area contributed by atoms with Crippen LogP contribution in [0, 0.1) is 12.7 Å². The van der Waals surface area contributed by atoms with Crippen molar-refractivity contribution in [3.63, 3.8) is 0 Å². The Balaban J connectivity index is 1.55. The molecule has 0 bridgehead atoms. The van der Waals surface area contributed by atoms with Crippen LogP contribution in [-0.4, -0.2) is 33.2 Å². The molecule has 6 heteroatoms. The smallest absolute Gasteiger partial charge is 0.224 e. The van der Waals surface area contributed by atoms with Crippen LogP contribution in [0.5, 0.6) is 0 Å². The van der Waals surface area contributed by atoms with Crippen LogP contribution in [0.4, 0.5) is 4.39 Å². The van der Waals surface area contributed by atoms with Gasteiger partial charge in [0.25, 0.3) is 0 Å². The van der Waals surface area contributed by atoms with Gasteiger partial charge in [-0.15, -0.1) is 6.58 Å². The summed E-state index contributed by atoms with van der Waals surface area (Å²) in [5.74, 6) is -0.174. The summed E-state index contributed by atoms with van der Waals surface area (Å²) in [5, 5.41) is 7.87. The van der Waals surface area contributed by atoms with Crippen molar-refractivity contribution in [3.05, 3.63) is 65.8 Å². The molecule has 1 aliphatic heterocycles. The van der Waals surface area contributed by atoms with Crippen molar-refractivity contribution in [2.24, 2.45) is 0 Å². The van der Waals surface area contributed by atoms with Gasteiger partial charge in [-0.25, -0.2) is 4.39 Å². The highest BCUT2D eigenvalue weighted by Crippen LogP contribution is 2.16. The maximum absolute atomic E-state index is 13.3. The lowest BCUT2D eigenvalue weighted by atomic mass is 10.2. The van der Waals surface area contributed by atoms with E-state index in [4.69, 9.17) is 0 Å². The first-order valence-corrected chi connectivity index (χ1v) is 8.44. The minimum atomic E-state index is -0.272. The molecule has 1 saturated heterocycles. The molecule has 132 valence electrons. The molecule has 1 aromatic heterocycles. The molecule has 0 aliphatic carbocycles. The van der Waals surface area contributed by atoms with Gasteiger partial charge in [0, 0.05) is 43.9 Å². The SMILES string of the molecule is C=CCn1cc(CN[C@H]2CC(=O)N(Cc3cccc(F)c3)C2)c(C)n1. The number of hydrogen-bond acceptors (Lipinski definition) is 3. The van der Waals surface area contributed by atoms with Crippen molar-refractivity contribution in [1.82, 2.24) is 20.0 Å². The van der Waals surface area contributed by atoms with E-state index in [1.165, 1.54) is 12.1 Å². The summed E-state index contributed by atoms with van der Waals surface area (Å²) in [6, 6.07) is 6.50. The molecule has 2 aromatic rings. The minimum Gasteiger partial charge on any atom is -0.337 e. The Morgan fingerprint density at radius 3 is 3.08 bits per heavy atom. The standard InChI is InChI=1S/C19H23FN4O/c1-3-7-24-12-16(14(2)22-24)10-21-18-9-19(25)23(13-18)11-15-5-4-6-17(20)8-15/h3-6,8,12,18,21H,1,7,9-11,13H2,2H3/t18-/m0/s1. The highest BCUT2D eigenvalue weighted by Gasteiger charge is 2.29. The molecule has 1 aliphatic rings. The first kappa shape index (κ1) is 17.4. The van der Waals surface area contributed by atoms with Crippen LogP contribution in [-0.2, 0) is 24.4 Å². The molecular formula is C19H23FN4O. The number of likely N-dealkylation sites (tertiary alicyclic amines) is 1. The fourth-order valence-electron chi connectivity index (χ4n) is 3.13. The zero-order valence-corrected chi connectivity index (χ0v) is 14.4. The number of halogens is 1. The monoisotopic (exact) mass is 342 g/mol. The first-order chi connectivity index (χ1) is 12.0. The Bertz CT molecular complexity index is 771. The van der Waals surface area contributed by atoms with Gasteiger partial charge in [0.2, 0.25) is 5.91 Å². The molecule has 25 heavy (non-hydrogen) atoms. The molecule has 1 N–H and O–H groups in total. The second-order valence-corrected chi connectivity index (χ2v) is 6.44. The van der Waals surface area contributed by atoms with Crippen molar-refractivity contribution in [2.45, 2.75) is 39.0 Å².